The van der Waals surface area contributed by atoms with Gasteiger partial charge in [-0.05, 0) is 87.2 Å². The summed E-state index contributed by atoms with van der Waals surface area (Å²) in [6, 6.07) is 4.15. The highest BCUT2D eigenvalue weighted by atomic mass is 19.3. The molecule has 0 bridgehead atoms. The molecule has 35 heavy (non-hydrogen) atoms. The van der Waals surface area contributed by atoms with Crippen LogP contribution in [0.1, 0.15) is 116 Å². The Bertz CT molecular complexity index is 722. The molecule has 200 valence electrons. The first-order chi connectivity index (χ1) is 16.9. The van der Waals surface area contributed by atoms with E-state index in [1.807, 2.05) is 0 Å². The second-order valence-electron chi connectivity index (χ2n) is 11.1. The van der Waals surface area contributed by atoms with Crippen molar-refractivity contribution in [1.82, 2.24) is 0 Å². The molecule has 0 radical (unpaired) electrons. The lowest BCUT2D eigenvalue weighted by Crippen LogP contribution is -2.28. The van der Waals surface area contributed by atoms with E-state index in [1.165, 1.54) is 44.6 Å². The van der Waals surface area contributed by atoms with Crippen LogP contribution in [0.3, 0.4) is 0 Å². The van der Waals surface area contributed by atoms with E-state index >= 15 is 0 Å². The van der Waals surface area contributed by atoms with Gasteiger partial charge < -0.3 is 9.47 Å². The number of unbranched alkanes of at least 4 members (excludes halogenated alkanes) is 2. The molecule has 1 aromatic carbocycles. The van der Waals surface area contributed by atoms with Crippen LogP contribution in [0.25, 0.3) is 0 Å². The van der Waals surface area contributed by atoms with Crippen molar-refractivity contribution < 1.29 is 22.6 Å². The minimum absolute atomic E-state index is 0.0902. The molecule has 2 fully saturated rings. The molecular weight excluding hydrogens is 449 g/mol. The van der Waals surface area contributed by atoms with Crippen molar-refractivity contribution >= 4 is 0 Å². The van der Waals surface area contributed by atoms with Crippen LogP contribution in [-0.2, 0) is 11.2 Å². The van der Waals surface area contributed by atoms with Gasteiger partial charge in [-0.1, -0.05) is 58.4 Å². The monoisotopic (exact) mass is 496 g/mol. The molecule has 0 unspecified atom stereocenters. The molecule has 0 atom stereocenters. The minimum atomic E-state index is -3.28. The molecule has 0 amide bonds. The van der Waals surface area contributed by atoms with Gasteiger partial charge in [0, 0.05) is 12.7 Å². The third-order valence-electron chi connectivity index (χ3n) is 8.21. The molecule has 0 saturated heterocycles. The van der Waals surface area contributed by atoms with Gasteiger partial charge in [-0.25, -0.2) is 4.39 Å². The highest BCUT2D eigenvalue weighted by Crippen LogP contribution is 2.36. The molecular formula is C30H47F3O2. The van der Waals surface area contributed by atoms with E-state index in [-0.39, 0.29) is 24.2 Å². The van der Waals surface area contributed by atoms with Crippen molar-refractivity contribution in [3.8, 4) is 5.75 Å². The number of ether oxygens (including phenoxy) is 2. The molecule has 1 aromatic rings. The summed E-state index contributed by atoms with van der Waals surface area (Å²) in [7, 11) is 0. The maximum absolute atomic E-state index is 14.5. The largest absolute Gasteiger partial charge is 0.432 e. The maximum Gasteiger partial charge on any atom is 0.397 e. The molecule has 0 aromatic heterocycles. The minimum Gasteiger partial charge on any atom is -0.432 e. The van der Waals surface area contributed by atoms with E-state index in [1.54, 1.807) is 6.07 Å². The molecule has 0 heterocycles. The van der Waals surface area contributed by atoms with E-state index in [9.17, 15) is 13.2 Å². The van der Waals surface area contributed by atoms with E-state index in [0.717, 1.165) is 63.5 Å². The summed E-state index contributed by atoms with van der Waals surface area (Å²) in [6.07, 6.45) is 12.5. The topological polar surface area (TPSA) is 18.5 Å². The molecule has 0 spiro atoms. The van der Waals surface area contributed by atoms with E-state index < -0.39 is 11.9 Å². The van der Waals surface area contributed by atoms with Gasteiger partial charge in [0.15, 0.2) is 0 Å². The Morgan fingerprint density at radius 3 is 2.14 bits per heavy atom. The second-order valence-corrected chi connectivity index (χ2v) is 11.1. The first-order valence-corrected chi connectivity index (χ1v) is 14.3. The van der Waals surface area contributed by atoms with Crippen molar-refractivity contribution in [2.24, 2.45) is 17.8 Å². The molecule has 2 nitrogen and oxygen atoms in total. The smallest absolute Gasteiger partial charge is 0.397 e. The van der Waals surface area contributed by atoms with Crippen LogP contribution >= 0.6 is 0 Å². The SMILES string of the molecule is CCCCCc1ccc(OC(F)(F)CCC2CCC(OCC3CCC(CCC)CC3)CC2)cc1F. The normalized spacial score (nSPS) is 25.5. The van der Waals surface area contributed by atoms with Crippen molar-refractivity contribution in [2.75, 3.05) is 6.61 Å². The lowest BCUT2D eigenvalue weighted by molar-refractivity contribution is -0.183. The van der Waals surface area contributed by atoms with Gasteiger partial charge in [0.1, 0.15) is 11.6 Å². The van der Waals surface area contributed by atoms with Crippen LogP contribution in [0, 0.1) is 23.6 Å². The third kappa shape index (κ3) is 9.98. The Labute approximate surface area is 211 Å². The van der Waals surface area contributed by atoms with Gasteiger partial charge in [0.05, 0.1) is 12.5 Å². The quantitative estimate of drug-likeness (QED) is 0.239. The van der Waals surface area contributed by atoms with Crippen molar-refractivity contribution in [3.63, 3.8) is 0 Å². The highest BCUT2D eigenvalue weighted by Gasteiger charge is 2.34. The molecule has 2 aliphatic rings. The fourth-order valence-electron chi connectivity index (χ4n) is 5.91. The lowest BCUT2D eigenvalue weighted by Gasteiger charge is -2.32. The first kappa shape index (κ1) is 28.3. The molecule has 0 aliphatic heterocycles. The fraction of sp³-hybridized carbons (Fsp3) is 0.800. The maximum atomic E-state index is 14.5. The number of halogens is 3. The standard InChI is InChI=1S/C30H47F3O2/c1-3-5-6-8-26-15-18-28(21-29(26)31)35-30(32,33)20-19-24-13-16-27(17-14-24)34-22-25-11-9-23(7-4-2)10-12-25/h15,18,21,23-25,27H,3-14,16-17,19-20,22H2,1-2H3. The summed E-state index contributed by atoms with van der Waals surface area (Å²) in [5, 5.41) is 0. The number of hydrogen-bond acceptors (Lipinski definition) is 2. The van der Waals surface area contributed by atoms with Crippen LogP contribution < -0.4 is 4.74 Å². The van der Waals surface area contributed by atoms with E-state index in [4.69, 9.17) is 9.47 Å². The molecule has 5 heteroatoms. The lowest BCUT2D eigenvalue weighted by atomic mass is 9.80. The molecule has 2 aliphatic carbocycles. The number of hydrogen-bond donors (Lipinski definition) is 0. The zero-order chi connectivity index (χ0) is 25.1. The Hall–Kier alpha value is -1.23. The summed E-state index contributed by atoms with van der Waals surface area (Å²) in [5.74, 6) is 1.36. The van der Waals surface area contributed by atoms with Crippen molar-refractivity contribution in [1.29, 1.82) is 0 Å². The summed E-state index contributed by atoms with van der Waals surface area (Å²) in [5.41, 5.74) is 0.567. The van der Waals surface area contributed by atoms with E-state index in [0.29, 0.717) is 24.3 Å². The summed E-state index contributed by atoms with van der Waals surface area (Å²) in [4.78, 5) is 0. The van der Waals surface area contributed by atoms with Gasteiger partial charge in [0.25, 0.3) is 0 Å². The average molecular weight is 497 g/mol. The van der Waals surface area contributed by atoms with Crippen LogP contribution in [0.15, 0.2) is 18.2 Å². The van der Waals surface area contributed by atoms with Gasteiger partial charge in [-0.2, -0.15) is 8.78 Å². The number of aryl methyl sites for hydroxylation is 1. The van der Waals surface area contributed by atoms with Crippen LogP contribution in [0.4, 0.5) is 13.2 Å². The third-order valence-corrected chi connectivity index (χ3v) is 8.21. The zero-order valence-electron chi connectivity index (χ0n) is 22.0. The van der Waals surface area contributed by atoms with Crippen molar-refractivity contribution in [3.05, 3.63) is 29.6 Å². The predicted molar refractivity (Wildman–Crippen MR) is 136 cm³/mol. The van der Waals surface area contributed by atoms with Gasteiger partial charge in [-0.3, -0.25) is 0 Å². The highest BCUT2D eigenvalue weighted by molar-refractivity contribution is 5.29. The molecule has 3 rings (SSSR count). The number of alkyl halides is 2. The van der Waals surface area contributed by atoms with Crippen LogP contribution in [0.2, 0.25) is 0 Å². The van der Waals surface area contributed by atoms with Gasteiger partial charge in [0.2, 0.25) is 0 Å². The van der Waals surface area contributed by atoms with Crippen molar-refractivity contribution in [2.45, 2.75) is 129 Å². The van der Waals surface area contributed by atoms with E-state index in [2.05, 4.69) is 13.8 Å². The Morgan fingerprint density at radius 1 is 0.829 bits per heavy atom. The van der Waals surface area contributed by atoms with Crippen LogP contribution in [0.5, 0.6) is 5.75 Å². The van der Waals surface area contributed by atoms with Gasteiger partial charge >= 0.3 is 6.11 Å². The fourth-order valence-corrected chi connectivity index (χ4v) is 5.91. The number of rotatable bonds is 14. The molecule has 2 saturated carbocycles. The summed E-state index contributed by atoms with van der Waals surface area (Å²) < 4.78 is 54.3. The number of benzene rings is 1. The summed E-state index contributed by atoms with van der Waals surface area (Å²) in [6.45, 7) is 5.23. The predicted octanol–water partition coefficient (Wildman–Crippen LogP) is 9.49. The first-order valence-electron chi connectivity index (χ1n) is 14.3. The Balaban J connectivity index is 1.32. The zero-order valence-corrected chi connectivity index (χ0v) is 22.0. The van der Waals surface area contributed by atoms with Gasteiger partial charge in [-0.15, -0.1) is 0 Å². The Kier molecular flexibility index (Phi) is 11.7. The molecule has 0 N–H and O–H groups in total. The second kappa shape index (κ2) is 14.5. The summed E-state index contributed by atoms with van der Waals surface area (Å²) >= 11 is 0. The Morgan fingerprint density at radius 2 is 1.49 bits per heavy atom. The average Bonchev–Trinajstić information content (AvgIpc) is 2.84. The van der Waals surface area contributed by atoms with Crippen LogP contribution in [-0.4, -0.2) is 18.8 Å².